The summed E-state index contributed by atoms with van der Waals surface area (Å²) in [6.45, 7) is 0.978. The molecule has 8 nitrogen and oxygen atoms in total. The molecule has 0 saturated heterocycles. The van der Waals surface area contributed by atoms with Gasteiger partial charge in [0.2, 0.25) is 5.43 Å². The second kappa shape index (κ2) is 8.24. The molecular weight excluding hydrogens is 370 g/mol. The highest BCUT2D eigenvalue weighted by molar-refractivity contribution is 5.80. The molecule has 0 aliphatic carbocycles. The lowest BCUT2D eigenvalue weighted by Gasteiger charge is -2.08. The van der Waals surface area contributed by atoms with Crippen molar-refractivity contribution in [3.05, 3.63) is 76.6 Å². The minimum atomic E-state index is -0.0972. The van der Waals surface area contributed by atoms with Gasteiger partial charge in [-0.05, 0) is 23.8 Å². The molecule has 148 valence electrons. The topological polar surface area (TPSA) is 84.1 Å². The van der Waals surface area contributed by atoms with Gasteiger partial charge in [0.05, 0.1) is 30.7 Å². The maximum atomic E-state index is 12.3. The van der Waals surface area contributed by atoms with Crippen molar-refractivity contribution >= 4 is 10.9 Å². The molecule has 0 fully saturated rings. The number of fused-ring (bicyclic) bond motifs is 1. The smallest absolute Gasteiger partial charge is 0.203 e. The van der Waals surface area contributed by atoms with Gasteiger partial charge >= 0.3 is 0 Å². The second-order valence-corrected chi connectivity index (χ2v) is 6.66. The predicted molar refractivity (Wildman–Crippen MR) is 109 cm³/mol. The van der Waals surface area contributed by atoms with E-state index < -0.39 is 0 Å². The summed E-state index contributed by atoms with van der Waals surface area (Å²) in [4.78, 5) is 16.8. The quantitative estimate of drug-likeness (QED) is 0.449. The standard InChI is InChI=1S/C21H21N5O3/c1-25-14-17(12-23-25)26-6-5-21(27)20(24-26)10-15-3-4-19-16(9-15)11-18(13-22-19)29-8-7-28-2/h3-6,9,11-14H,7-8,10H2,1-2H3. The zero-order valence-electron chi connectivity index (χ0n) is 16.3. The average molecular weight is 391 g/mol. The van der Waals surface area contributed by atoms with Crippen LogP contribution in [0, 0.1) is 0 Å². The normalized spacial score (nSPS) is 11.1. The van der Waals surface area contributed by atoms with Crippen LogP contribution in [-0.2, 0) is 18.2 Å². The Kier molecular flexibility index (Phi) is 5.35. The predicted octanol–water partition coefficient (Wildman–Crippen LogP) is 2.13. The maximum Gasteiger partial charge on any atom is 0.203 e. The third kappa shape index (κ3) is 4.33. The van der Waals surface area contributed by atoms with E-state index in [1.165, 1.54) is 6.07 Å². The van der Waals surface area contributed by atoms with E-state index in [4.69, 9.17) is 9.47 Å². The van der Waals surface area contributed by atoms with Crippen molar-refractivity contribution in [3.8, 4) is 11.4 Å². The molecule has 0 aliphatic rings. The van der Waals surface area contributed by atoms with Crippen molar-refractivity contribution < 1.29 is 9.47 Å². The molecule has 0 spiro atoms. The molecule has 0 saturated carbocycles. The Morgan fingerprint density at radius 3 is 2.79 bits per heavy atom. The van der Waals surface area contributed by atoms with Crippen molar-refractivity contribution in [1.29, 1.82) is 0 Å². The van der Waals surface area contributed by atoms with Gasteiger partial charge in [0.1, 0.15) is 23.7 Å². The third-order valence-corrected chi connectivity index (χ3v) is 4.48. The Morgan fingerprint density at radius 1 is 1.10 bits per heavy atom. The molecular formula is C21H21N5O3. The Morgan fingerprint density at radius 2 is 2.00 bits per heavy atom. The third-order valence-electron chi connectivity index (χ3n) is 4.48. The molecule has 8 heteroatoms. The molecule has 0 aliphatic heterocycles. The maximum absolute atomic E-state index is 12.3. The first-order chi connectivity index (χ1) is 14.1. The van der Waals surface area contributed by atoms with Crippen molar-refractivity contribution in [2.75, 3.05) is 20.3 Å². The zero-order chi connectivity index (χ0) is 20.2. The lowest BCUT2D eigenvalue weighted by molar-refractivity contribution is 0.146. The molecule has 3 aromatic heterocycles. The van der Waals surface area contributed by atoms with Gasteiger partial charge in [-0.15, -0.1) is 0 Å². The summed E-state index contributed by atoms with van der Waals surface area (Å²) in [5, 5.41) is 9.59. The second-order valence-electron chi connectivity index (χ2n) is 6.66. The van der Waals surface area contributed by atoms with Crippen LogP contribution in [0.25, 0.3) is 16.6 Å². The Bertz CT molecular complexity index is 1200. The summed E-state index contributed by atoms with van der Waals surface area (Å²) in [7, 11) is 3.47. The van der Waals surface area contributed by atoms with Crippen molar-refractivity contribution in [2.24, 2.45) is 7.05 Å². The number of ether oxygens (including phenoxy) is 2. The van der Waals surface area contributed by atoms with E-state index >= 15 is 0 Å². The fraction of sp³-hybridized carbons (Fsp3) is 0.238. The Hall–Kier alpha value is -3.52. The summed E-state index contributed by atoms with van der Waals surface area (Å²) in [6.07, 6.45) is 7.31. The van der Waals surface area contributed by atoms with Crippen molar-refractivity contribution in [3.63, 3.8) is 0 Å². The highest BCUT2D eigenvalue weighted by atomic mass is 16.5. The van der Waals surface area contributed by atoms with Gasteiger partial charge in [0.15, 0.2) is 0 Å². The van der Waals surface area contributed by atoms with Crippen LogP contribution in [0.1, 0.15) is 11.3 Å². The summed E-state index contributed by atoms with van der Waals surface area (Å²) in [6, 6.07) is 9.37. The molecule has 29 heavy (non-hydrogen) atoms. The highest BCUT2D eigenvalue weighted by Crippen LogP contribution is 2.20. The van der Waals surface area contributed by atoms with Crippen LogP contribution in [0.3, 0.4) is 0 Å². The lowest BCUT2D eigenvalue weighted by atomic mass is 10.1. The molecule has 0 amide bonds. The Labute approximate surface area is 167 Å². The molecule has 0 atom stereocenters. The molecule has 1 aromatic carbocycles. The van der Waals surface area contributed by atoms with Crippen LogP contribution < -0.4 is 10.2 Å². The SMILES string of the molecule is COCCOc1cnc2ccc(Cc3nn(-c4cnn(C)c4)ccc3=O)cc2c1. The molecule has 4 aromatic rings. The number of methoxy groups -OCH3 is 1. The fourth-order valence-electron chi connectivity index (χ4n) is 3.03. The van der Waals surface area contributed by atoms with E-state index in [0.717, 1.165) is 22.2 Å². The summed E-state index contributed by atoms with van der Waals surface area (Å²) in [5.41, 5.74) is 3.01. The number of hydrogen-bond donors (Lipinski definition) is 0. The van der Waals surface area contributed by atoms with Crippen LogP contribution in [0.15, 0.2) is 59.9 Å². The molecule has 0 unspecified atom stereocenters. The molecule has 4 rings (SSSR count). The highest BCUT2D eigenvalue weighted by Gasteiger charge is 2.08. The average Bonchev–Trinajstić information content (AvgIpc) is 3.16. The number of aryl methyl sites for hydroxylation is 1. The molecule has 3 heterocycles. The monoisotopic (exact) mass is 391 g/mol. The van der Waals surface area contributed by atoms with Crippen molar-refractivity contribution in [2.45, 2.75) is 6.42 Å². The number of nitrogens with zero attached hydrogens (tertiary/aromatic N) is 5. The molecule has 0 bridgehead atoms. The number of hydrogen-bond acceptors (Lipinski definition) is 6. The number of rotatable bonds is 7. The zero-order valence-corrected chi connectivity index (χ0v) is 16.3. The number of aromatic nitrogens is 5. The van der Waals surface area contributed by atoms with E-state index in [9.17, 15) is 4.79 Å². The van der Waals surface area contributed by atoms with E-state index in [1.54, 1.807) is 35.1 Å². The lowest BCUT2D eigenvalue weighted by Crippen LogP contribution is -2.16. The van der Waals surface area contributed by atoms with Gasteiger partial charge in [0.25, 0.3) is 0 Å². The van der Waals surface area contributed by atoms with Crippen LogP contribution in [-0.4, -0.2) is 44.9 Å². The summed E-state index contributed by atoms with van der Waals surface area (Å²) < 4.78 is 14.0. The minimum absolute atomic E-state index is 0.0972. The van der Waals surface area contributed by atoms with E-state index in [0.29, 0.717) is 31.1 Å². The first-order valence-electron chi connectivity index (χ1n) is 9.21. The van der Waals surface area contributed by atoms with Crippen LogP contribution >= 0.6 is 0 Å². The first-order valence-corrected chi connectivity index (χ1v) is 9.21. The van der Waals surface area contributed by atoms with Gasteiger partial charge in [-0.25, -0.2) is 4.68 Å². The van der Waals surface area contributed by atoms with Gasteiger partial charge in [-0.1, -0.05) is 6.07 Å². The van der Waals surface area contributed by atoms with Crippen LogP contribution in [0.4, 0.5) is 0 Å². The minimum Gasteiger partial charge on any atom is -0.490 e. The van der Waals surface area contributed by atoms with Crippen LogP contribution in [0.2, 0.25) is 0 Å². The van der Waals surface area contributed by atoms with Crippen molar-refractivity contribution in [1.82, 2.24) is 24.5 Å². The van der Waals surface area contributed by atoms with Gasteiger partial charge < -0.3 is 9.47 Å². The molecule has 0 radical (unpaired) electrons. The van der Waals surface area contributed by atoms with Gasteiger partial charge in [0, 0.05) is 38.2 Å². The van der Waals surface area contributed by atoms with E-state index in [-0.39, 0.29) is 5.43 Å². The molecule has 0 N–H and O–H groups in total. The summed E-state index contributed by atoms with van der Waals surface area (Å²) in [5.74, 6) is 0.684. The summed E-state index contributed by atoms with van der Waals surface area (Å²) >= 11 is 0. The van der Waals surface area contributed by atoms with Gasteiger partial charge in [-0.3, -0.25) is 14.5 Å². The fourth-order valence-corrected chi connectivity index (χ4v) is 3.03. The Balaban J connectivity index is 1.60. The van der Waals surface area contributed by atoms with Crippen LogP contribution in [0.5, 0.6) is 5.75 Å². The number of pyridine rings is 1. The number of benzene rings is 1. The largest absolute Gasteiger partial charge is 0.490 e. The van der Waals surface area contributed by atoms with E-state index in [1.807, 2.05) is 37.5 Å². The first kappa shape index (κ1) is 18.8. The van der Waals surface area contributed by atoms with Gasteiger partial charge in [-0.2, -0.15) is 10.2 Å². The van der Waals surface area contributed by atoms with E-state index in [2.05, 4.69) is 15.2 Å².